The van der Waals surface area contributed by atoms with Crippen molar-refractivity contribution in [3.8, 4) is 0 Å². The molecule has 19 heavy (non-hydrogen) atoms. The Kier molecular flexibility index (Phi) is 5.75. The van der Waals surface area contributed by atoms with Gasteiger partial charge in [-0.15, -0.1) is 0 Å². The van der Waals surface area contributed by atoms with Crippen LogP contribution < -0.4 is 10.6 Å². The number of aliphatic hydroxyl groups is 1. The molecule has 6 heteroatoms. The fraction of sp³-hybridized carbons (Fsp3) is 0.846. The Labute approximate surface area is 113 Å². The van der Waals surface area contributed by atoms with Gasteiger partial charge in [-0.05, 0) is 39.5 Å². The second-order valence-electron chi connectivity index (χ2n) is 5.33. The van der Waals surface area contributed by atoms with E-state index in [1.807, 2.05) is 6.92 Å². The molecule has 0 spiro atoms. The van der Waals surface area contributed by atoms with Crippen molar-refractivity contribution in [3.63, 3.8) is 0 Å². The third kappa shape index (κ3) is 4.80. The molecule has 0 heterocycles. The number of hydrogen-bond acceptors (Lipinski definition) is 4. The number of rotatable bonds is 6. The second-order valence-corrected chi connectivity index (χ2v) is 5.33. The molecule has 0 aromatic rings. The van der Waals surface area contributed by atoms with Gasteiger partial charge in [-0.3, -0.25) is 9.59 Å². The average Bonchev–Trinajstić information content (AvgIpc) is 2.37. The smallest absolute Gasteiger partial charge is 0.306 e. The fourth-order valence-corrected chi connectivity index (χ4v) is 2.34. The summed E-state index contributed by atoms with van der Waals surface area (Å²) >= 11 is 0. The first kappa shape index (κ1) is 15.9. The lowest BCUT2D eigenvalue weighted by Crippen LogP contribution is -2.50. The van der Waals surface area contributed by atoms with Crippen LogP contribution in [0.5, 0.6) is 0 Å². The van der Waals surface area contributed by atoms with Crippen LogP contribution in [0.2, 0.25) is 0 Å². The molecule has 4 N–H and O–H groups in total. The van der Waals surface area contributed by atoms with Crippen molar-refractivity contribution in [3.05, 3.63) is 0 Å². The molecule has 0 aromatic carbocycles. The molecule has 0 aromatic heterocycles. The number of hydrogen-bond donors (Lipinski definition) is 4. The topological polar surface area (TPSA) is 98.7 Å². The Morgan fingerprint density at radius 2 is 1.95 bits per heavy atom. The van der Waals surface area contributed by atoms with E-state index in [-0.39, 0.29) is 17.9 Å². The highest BCUT2D eigenvalue weighted by Gasteiger charge is 2.36. The van der Waals surface area contributed by atoms with Gasteiger partial charge in [0.05, 0.1) is 17.6 Å². The van der Waals surface area contributed by atoms with Gasteiger partial charge in [0.2, 0.25) is 5.91 Å². The molecule has 1 amide bonds. The zero-order chi connectivity index (χ0) is 14.5. The van der Waals surface area contributed by atoms with Gasteiger partial charge >= 0.3 is 5.97 Å². The lowest BCUT2D eigenvalue weighted by molar-refractivity contribution is -0.144. The number of carboxylic acid groups (broad SMARTS) is 1. The van der Waals surface area contributed by atoms with E-state index in [1.165, 1.54) is 0 Å². The number of aliphatic carboxylic acids is 1. The maximum Gasteiger partial charge on any atom is 0.306 e. The van der Waals surface area contributed by atoms with Gasteiger partial charge in [0.15, 0.2) is 0 Å². The Balaban J connectivity index is 2.37. The maximum atomic E-state index is 11.5. The predicted molar refractivity (Wildman–Crippen MR) is 70.7 cm³/mol. The monoisotopic (exact) mass is 272 g/mol. The fourth-order valence-electron chi connectivity index (χ4n) is 2.34. The summed E-state index contributed by atoms with van der Waals surface area (Å²) in [6.07, 6.45) is 1.89. The summed E-state index contributed by atoms with van der Waals surface area (Å²) in [7, 11) is 0. The second kappa shape index (κ2) is 6.86. The minimum Gasteiger partial charge on any atom is -0.481 e. The van der Waals surface area contributed by atoms with Gasteiger partial charge < -0.3 is 20.8 Å². The van der Waals surface area contributed by atoms with Crippen LogP contribution in [0.25, 0.3) is 0 Å². The number of carboxylic acids is 1. The highest BCUT2D eigenvalue weighted by atomic mass is 16.4. The van der Waals surface area contributed by atoms with Crippen LogP contribution in [0.15, 0.2) is 0 Å². The highest BCUT2D eigenvalue weighted by molar-refractivity contribution is 5.81. The summed E-state index contributed by atoms with van der Waals surface area (Å²) < 4.78 is 0. The molecule has 1 atom stereocenters. The Bertz CT molecular complexity index is 325. The predicted octanol–water partition coefficient (Wildman–Crippen LogP) is 0.107. The summed E-state index contributed by atoms with van der Waals surface area (Å²) in [5.41, 5.74) is -0.896. The van der Waals surface area contributed by atoms with Crippen LogP contribution in [-0.4, -0.2) is 46.8 Å². The molecule has 110 valence electrons. The largest absolute Gasteiger partial charge is 0.481 e. The number of likely N-dealkylation sites (N-methyl/N-ethyl adjacent to an activating group) is 1. The molecule has 0 bridgehead atoms. The maximum absolute atomic E-state index is 11.5. The molecule has 1 unspecified atom stereocenters. The summed E-state index contributed by atoms with van der Waals surface area (Å²) in [5, 5.41) is 25.0. The average molecular weight is 272 g/mol. The quantitative estimate of drug-likeness (QED) is 0.550. The third-order valence-electron chi connectivity index (χ3n) is 3.75. The number of carbonyl (C=O) groups is 2. The van der Waals surface area contributed by atoms with E-state index in [9.17, 15) is 14.7 Å². The van der Waals surface area contributed by atoms with Gasteiger partial charge in [-0.25, -0.2) is 0 Å². The van der Waals surface area contributed by atoms with E-state index < -0.39 is 11.6 Å². The van der Waals surface area contributed by atoms with Crippen LogP contribution in [-0.2, 0) is 9.59 Å². The van der Waals surface area contributed by atoms with Gasteiger partial charge in [-0.2, -0.15) is 0 Å². The van der Waals surface area contributed by atoms with E-state index in [0.717, 1.165) is 0 Å². The Morgan fingerprint density at radius 1 is 1.37 bits per heavy atom. The first-order valence-corrected chi connectivity index (χ1v) is 6.84. The summed E-state index contributed by atoms with van der Waals surface area (Å²) in [6.45, 7) is 4.50. The zero-order valence-electron chi connectivity index (χ0n) is 11.6. The highest BCUT2D eigenvalue weighted by Crippen LogP contribution is 2.31. The van der Waals surface area contributed by atoms with Crippen molar-refractivity contribution in [2.75, 3.05) is 13.1 Å². The molecule has 6 nitrogen and oxygen atoms in total. The van der Waals surface area contributed by atoms with Crippen LogP contribution in [0.1, 0.15) is 39.5 Å². The molecule has 1 fully saturated rings. The van der Waals surface area contributed by atoms with Gasteiger partial charge in [0, 0.05) is 13.1 Å². The molecule has 1 aliphatic rings. The van der Waals surface area contributed by atoms with Crippen molar-refractivity contribution in [1.29, 1.82) is 0 Å². The molecule has 0 aliphatic heterocycles. The first-order valence-electron chi connectivity index (χ1n) is 6.84. The van der Waals surface area contributed by atoms with Crippen molar-refractivity contribution < 1.29 is 19.8 Å². The summed E-state index contributed by atoms with van der Waals surface area (Å²) in [4.78, 5) is 22.4. The zero-order valence-corrected chi connectivity index (χ0v) is 11.6. The van der Waals surface area contributed by atoms with Crippen molar-refractivity contribution in [1.82, 2.24) is 10.6 Å². The number of nitrogens with one attached hydrogen (secondary N) is 2. The van der Waals surface area contributed by atoms with Crippen molar-refractivity contribution in [2.24, 2.45) is 5.92 Å². The third-order valence-corrected chi connectivity index (χ3v) is 3.75. The van der Waals surface area contributed by atoms with Crippen molar-refractivity contribution in [2.45, 2.75) is 51.2 Å². The Hall–Kier alpha value is -1.14. The normalized spacial score (nSPS) is 28.7. The Morgan fingerprint density at radius 3 is 2.42 bits per heavy atom. The lowest BCUT2D eigenvalue weighted by atomic mass is 9.78. The van der Waals surface area contributed by atoms with Gasteiger partial charge in [0.1, 0.15) is 0 Å². The lowest BCUT2D eigenvalue weighted by Gasteiger charge is -2.35. The van der Waals surface area contributed by atoms with Crippen LogP contribution in [0, 0.1) is 5.92 Å². The minimum absolute atomic E-state index is 0.0923. The molecular formula is C13H24N2O4. The number of amides is 1. The van der Waals surface area contributed by atoms with Crippen LogP contribution in [0.3, 0.4) is 0 Å². The minimum atomic E-state index is -0.896. The van der Waals surface area contributed by atoms with E-state index in [0.29, 0.717) is 38.8 Å². The molecule has 0 saturated heterocycles. The first-order chi connectivity index (χ1) is 8.88. The SMILES string of the molecule is CCNC(=O)C(C)NCC1(O)CCC(C(=O)O)CC1. The molecule has 0 radical (unpaired) electrons. The van der Waals surface area contributed by atoms with Crippen molar-refractivity contribution >= 4 is 11.9 Å². The molecular weight excluding hydrogens is 248 g/mol. The van der Waals surface area contributed by atoms with E-state index in [2.05, 4.69) is 10.6 Å². The number of carbonyl (C=O) groups excluding carboxylic acids is 1. The molecule has 1 rings (SSSR count). The molecule has 1 saturated carbocycles. The standard InChI is InChI=1S/C13H24N2O4/c1-3-14-11(16)9(2)15-8-13(19)6-4-10(5-7-13)12(17)18/h9-10,15,19H,3-8H2,1-2H3,(H,14,16)(H,17,18). The summed E-state index contributed by atoms with van der Waals surface area (Å²) in [6, 6.07) is -0.360. The molecule has 1 aliphatic carbocycles. The van der Waals surface area contributed by atoms with E-state index in [1.54, 1.807) is 6.92 Å². The van der Waals surface area contributed by atoms with Crippen LogP contribution in [0.4, 0.5) is 0 Å². The van der Waals surface area contributed by atoms with E-state index in [4.69, 9.17) is 5.11 Å². The summed E-state index contributed by atoms with van der Waals surface area (Å²) in [5.74, 6) is -1.22. The van der Waals surface area contributed by atoms with Gasteiger partial charge in [-0.1, -0.05) is 0 Å². The van der Waals surface area contributed by atoms with E-state index >= 15 is 0 Å². The van der Waals surface area contributed by atoms with Crippen LogP contribution >= 0.6 is 0 Å². The van der Waals surface area contributed by atoms with Gasteiger partial charge in [0.25, 0.3) is 0 Å².